The van der Waals surface area contributed by atoms with Gasteiger partial charge in [0.2, 0.25) is 0 Å². The molecular formula is C12H18FN3O. The van der Waals surface area contributed by atoms with Gasteiger partial charge in [-0.05, 0) is 13.1 Å². The molecule has 5 heteroatoms. The minimum atomic E-state index is -0.320. The number of hydrazine groups is 1. The predicted molar refractivity (Wildman–Crippen MR) is 63.7 cm³/mol. The number of rotatable bonds is 3. The second-order valence-corrected chi connectivity index (χ2v) is 4.34. The molecule has 0 spiro atoms. The smallest absolute Gasteiger partial charge is 0.128 e. The van der Waals surface area contributed by atoms with Crippen LogP contribution in [-0.4, -0.2) is 37.7 Å². The largest absolute Gasteiger partial charge is 0.374 e. The van der Waals surface area contributed by atoms with Gasteiger partial charge in [0.25, 0.3) is 0 Å². The monoisotopic (exact) mass is 239 g/mol. The van der Waals surface area contributed by atoms with Crippen LogP contribution in [0.3, 0.4) is 0 Å². The molecule has 1 aromatic carbocycles. The summed E-state index contributed by atoms with van der Waals surface area (Å²) in [7, 11) is 2.02. The maximum Gasteiger partial charge on any atom is 0.128 e. The lowest BCUT2D eigenvalue weighted by molar-refractivity contribution is -0.0398. The average molecular weight is 239 g/mol. The molecule has 1 saturated heterocycles. The van der Waals surface area contributed by atoms with Crippen molar-refractivity contribution in [3.05, 3.63) is 35.6 Å². The number of nitrogens with one attached hydrogen (secondary N) is 1. The molecule has 94 valence electrons. The maximum atomic E-state index is 13.7. The van der Waals surface area contributed by atoms with Crippen LogP contribution in [-0.2, 0) is 4.74 Å². The van der Waals surface area contributed by atoms with Crippen LogP contribution in [0.2, 0.25) is 0 Å². The van der Waals surface area contributed by atoms with Crippen LogP contribution in [0.5, 0.6) is 0 Å². The highest BCUT2D eigenvalue weighted by atomic mass is 19.1. The second-order valence-electron chi connectivity index (χ2n) is 4.34. The van der Waals surface area contributed by atoms with E-state index in [1.807, 2.05) is 7.05 Å². The molecular weight excluding hydrogens is 221 g/mol. The topological polar surface area (TPSA) is 50.5 Å². The van der Waals surface area contributed by atoms with Gasteiger partial charge in [0.05, 0.1) is 18.8 Å². The van der Waals surface area contributed by atoms with Gasteiger partial charge in [-0.3, -0.25) is 11.3 Å². The van der Waals surface area contributed by atoms with Crippen molar-refractivity contribution in [3.8, 4) is 0 Å². The molecule has 2 unspecified atom stereocenters. The van der Waals surface area contributed by atoms with Crippen molar-refractivity contribution in [3.63, 3.8) is 0 Å². The number of halogens is 1. The number of hydrogen-bond donors (Lipinski definition) is 2. The highest BCUT2D eigenvalue weighted by Gasteiger charge is 2.28. The Balaban J connectivity index is 2.18. The molecule has 0 amide bonds. The van der Waals surface area contributed by atoms with Gasteiger partial charge < -0.3 is 9.64 Å². The van der Waals surface area contributed by atoms with Crippen molar-refractivity contribution >= 4 is 0 Å². The number of nitrogens with two attached hydrogens (primary N) is 1. The summed E-state index contributed by atoms with van der Waals surface area (Å²) >= 11 is 0. The molecule has 0 radical (unpaired) electrons. The Bertz CT molecular complexity index is 375. The lowest BCUT2D eigenvalue weighted by Gasteiger charge is -2.35. The molecule has 3 N–H and O–H groups in total. The van der Waals surface area contributed by atoms with E-state index < -0.39 is 0 Å². The van der Waals surface area contributed by atoms with E-state index in [1.165, 1.54) is 6.07 Å². The van der Waals surface area contributed by atoms with Gasteiger partial charge in [-0.2, -0.15) is 0 Å². The van der Waals surface area contributed by atoms with Crippen LogP contribution in [0.25, 0.3) is 0 Å². The van der Waals surface area contributed by atoms with E-state index in [4.69, 9.17) is 10.6 Å². The van der Waals surface area contributed by atoms with E-state index in [0.717, 1.165) is 13.1 Å². The van der Waals surface area contributed by atoms with Crippen molar-refractivity contribution in [2.45, 2.75) is 12.1 Å². The lowest BCUT2D eigenvalue weighted by Crippen LogP contribution is -2.48. The highest BCUT2D eigenvalue weighted by Crippen LogP contribution is 2.23. The Morgan fingerprint density at radius 2 is 2.29 bits per heavy atom. The Morgan fingerprint density at radius 3 is 2.94 bits per heavy atom. The molecule has 1 aliphatic rings. The lowest BCUT2D eigenvalue weighted by atomic mass is 10.00. The van der Waals surface area contributed by atoms with E-state index in [0.29, 0.717) is 12.2 Å². The average Bonchev–Trinajstić information content (AvgIpc) is 2.33. The van der Waals surface area contributed by atoms with Crippen molar-refractivity contribution in [1.82, 2.24) is 10.3 Å². The number of benzene rings is 1. The number of likely N-dealkylation sites (N-methyl/N-ethyl adjacent to an activating group) is 1. The summed E-state index contributed by atoms with van der Waals surface area (Å²) < 4.78 is 19.4. The second kappa shape index (κ2) is 5.55. The molecule has 1 fully saturated rings. The molecule has 1 aromatic rings. The highest BCUT2D eigenvalue weighted by molar-refractivity contribution is 5.22. The molecule has 0 bridgehead atoms. The number of hydrogen-bond acceptors (Lipinski definition) is 4. The summed E-state index contributed by atoms with van der Waals surface area (Å²) in [4.78, 5) is 2.15. The van der Waals surface area contributed by atoms with Gasteiger partial charge >= 0.3 is 0 Å². The van der Waals surface area contributed by atoms with Gasteiger partial charge in [-0.1, -0.05) is 18.2 Å². The van der Waals surface area contributed by atoms with Gasteiger partial charge in [-0.25, -0.2) is 4.39 Å². The molecule has 0 saturated carbocycles. The van der Waals surface area contributed by atoms with Crippen LogP contribution >= 0.6 is 0 Å². The minimum Gasteiger partial charge on any atom is -0.374 e. The SMILES string of the molecule is CN1CCOC(C(NN)c2ccccc2F)C1. The summed E-state index contributed by atoms with van der Waals surface area (Å²) in [6, 6.07) is 6.32. The van der Waals surface area contributed by atoms with E-state index in [1.54, 1.807) is 18.2 Å². The van der Waals surface area contributed by atoms with Gasteiger partial charge in [0.1, 0.15) is 5.82 Å². The Morgan fingerprint density at radius 1 is 1.53 bits per heavy atom. The maximum absolute atomic E-state index is 13.7. The summed E-state index contributed by atoms with van der Waals surface area (Å²) in [5, 5.41) is 0. The summed E-state index contributed by atoms with van der Waals surface area (Å²) in [5.74, 6) is 5.28. The van der Waals surface area contributed by atoms with E-state index in [2.05, 4.69) is 10.3 Å². The fourth-order valence-corrected chi connectivity index (χ4v) is 2.14. The molecule has 1 aliphatic heterocycles. The third kappa shape index (κ3) is 2.81. The van der Waals surface area contributed by atoms with Crippen LogP contribution < -0.4 is 11.3 Å². The summed E-state index contributed by atoms with van der Waals surface area (Å²) in [6.45, 7) is 2.28. The van der Waals surface area contributed by atoms with Gasteiger partial charge in [-0.15, -0.1) is 0 Å². The van der Waals surface area contributed by atoms with Crippen molar-refractivity contribution in [2.24, 2.45) is 5.84 Å². The van der Waals surface area contributed by atoms with E-state index in [9.17, 15) is 4.39 Å². The zero-order chi connectivity index (χ0) is 12.3. The normalized spacial score (nSPS) is 23.6. The first-order valence-corrected chi connectivity index (χ1v) is 5.73. The summed E-state index contributed by atoms with van der Waals surface area (Å²) in [5.41, 5.74) is 3.21. The van der Waals surface area contributed by atoms with Crippen LogP contribution in [0.4, 0.5) is 4.39 Å². The quantitative estimate of drug-likeness (QED) is 0.601. The van der Waals surface area contributed by atoms with Gasteiger partial charge in [0.15, 0.2) is 0 Å². The zero-order valence-corrected chi connectivity index (χ0v) is 9.90. The standard InChI is InChI=1S/C12H18FN3O/c1-16-6-7-17-11(8-16)12(15-14)9-4-2-3-5-10(9)13/h2-5,11-12,15H,6-8,14H2,1H3. The van der Waals surface area contributed by atoms with Crippen molar-refractivity contribution < 1.29 is 9.13 Å². The Kier molecular flexibility index (Phi) is 4.06. The molecule has 1 heterocycles. The predicted octanol–water partition coefficient (Wildman–Crippen LogP) is 0.661. The zero-order valence-electron chi connectivity index (χ0n) is 9.90. The van der Waals surface area contributed by atoms with Crippen LogP contribution in [0, 0.1) is 5.82 Å². The first kappa shape index (κ1) is 12.4. The third-order valence-electron chi connectivity index (χ3n) is 3.09. The van der Waals surface area contributed by atoms with Crippen molar-refractivity contribution in [1.29, 1.82) is 0 Å². The summed E-state index contributed by atoms with van der Waals surface area (Å²) in [6.07, 6.45) is -0.129. The number of morpholine rings is 1. The molecule has 17 heavy (non-hydrogen) atoms. The van der Waals surface area contributed by atoms with Crippen LogP contribution in [0.15, 0.2) is 24.3 Å². The fourth-order valence-electron chi connectivity index (χ4n) is 2.14. The molecule has 0 aromatic heterocycles. The third-order valence-corrected chi connectivity index (χ3v) is 3.09. The number of nitrogens with zero attached hydrogens (tertiary/aromatic N) is 1. The number of ether oxygens (including phenoxy) is 1. The van der Waals surface area contributed by atoms with Crippen molar-refractivity contribution in [2.75, 3.05) is 26.7 Å². The van der Waals surface area contributed by atoms with Crippen LogP contribution in [0.1, 0.15) is 11.6 Å². The van der Waals surface area contributed by atoms with Gasteiger partial charge in [0, 0.05) is 18.7 Å². The van der Waals surface area contributed by atoms with E-state index >= 15 is 0 Å². The minimum absolute atomic E-state index is 0.129. The van der Waals surface area contributed by atoms with E-state index in [-0.39, 0.29) is 18.0 Å². The fraction of sp³-hybridized carbons (Fsp3) is 0.500. The first-order valence-electron chi connectivity index (χ1n) is 5.73. The first-order chi connectivity index (χ1) is 8.22. The Hall–Kier alpha value is -1.01. The molecule has 4 nitrogen and oxygen atoms in total. The Labute approximate surface area is 101 Å². The molecule has 2 rings (SSSR count). The molecule has 0 aliphatic carbocycles. The molecule has 2 atom stereocenters.